The van der Waals surface area contributed by atoms with Crippen molar-refractivity contribution in [1.82, 2.24) is 0 Å². The summed E-state index contributed by atoms with van der Waals surface area (Å²) in [4.78, 5) is 10.6. The van der Waals surface area contributed by atoms with Crippen molar-refractivity contribution in [3.63, 3.8) is 0 Å². The predicted molar refractivity (Wildman–Crippen MR) is 164 cm³/mol. The van der Waals surface area contributed by atoms with Crippen LogP contribution >= 0.6 is 7.60 Å². The van der Waals surface area contributed by atoms with E-state index >= 15 is 0 Å². The van der Waals surface area contributed by atoms with Gasteiger partial charge < -0.3 is 13.8 Å². The Bertz CT molecular complexity index is 965. The van der Waals surface area contributed by atoms with Crippen LogP contribution in [0.25, 0.3) is 0 Å². The maximum absolute atomic E-state index is 12.5. The minimum absolute atomic E-state index is 0.0306. The van der Waals surface area contributed by atoms with Crippen molar-refractivity contribution >= 4 is 13.9 Å². The van der Waals surface area contributed by atoms with Crippen molar-refractivity contribution in [3.8, 4) is 0 Å². The van der Waals surface area contributed by atoms with Gasteiger partial charge in [0.15, 0.2) is 0 Å². The molecule has 0 N–H and O–H groups in total. The van der Waals surface area contributed by atoms with E-state index < -0.39 is 7.60 Å². The minimum Gasteiger partial charge on any atom is -0.309 e. The molecule has 2 aliphatic rings. The normalized spacial score (nSPS) is 21.1. The molecule has 4 nitrogen and oxygen atoms in total. The molecule has 2 aliphatic carbocycles. The first-order chi connectivity index (χ1) is 17.7. The smallest absolute Gasteiger partial charge is 0.309 e. The molecular formula is C33H55O4P. The standard InChI is InChI=1S/C19H33O3P.C14H22O/c1-7-21-23(20,22-8-2)15-13-16(3)11-12-18-17(4)10-9-14-19(18,5)6;1-11(10-15)7-8-13-12(2)6-5-9-14(13,3)4/h11-13H,7-10,14-15H2,1-6H3;7-8,10-11H,5-6,9H2,1-4H3/b12-11+,16-13+;8-7+. The second-order valence-electron chi connectivity index (χ2n) is 12.1. The summed E-state index contributed by atoms with van der Waals surface area (Å²) < 4.78 is 23.1. The number of hydrogen-bond donors (Lipinski definition) is 0. The third kappa shape index (κ3) is 11.3. The van der Waals surface area contributed by atoms with Gasteiger partial charge in [-0.1, -0.05) is 81.7 Å². The van der Waals surface area contributed by atoms with Gasteiger partial charge in [0, 0.05) is 5.92 Å². The van der Waals surface area contributed by atoms with Gasteiger partial charge in [-0.15, -0.1) is 0 Å². The summed E-state index contributed by atoms with van der Waals surface area (Å²) in [6.45, 7) is 22.1. The molecule has 0 spiro atoms. The topological polar surface area (TPSA) is 52.6 Å². The first-order valence-corrected chi connectivity index (χ1v) is 16.2. The van der Waals surface area contributed by atoms with Gasteiger partial charge in [-0.3, -0.25) is 4.57 Å². The van der Waals surface area contributed by atoms with Crippen LogP contribution in [0.5, 0.6) is 0 Å². The maximum atomic E-state index is 12.5. The van der Waals surface area contributed by atoms with Crippen LogP contribution in [-0.4, -0.2) is 25.7 Å². The zero-order valence-corrected chi connectivity index (χ0v) is 26.9. The van der Waals surface area contributed by atoms with Crippen LogP contribution in [0, 0.1) is 16.7 Å². The van der Waals surface area contributed by atoms with Crippen molar-refractivity contribution < 1.29 is 18.4 Å². The summed E-state index contributed by atoms with van der Waals surface area (Å²) >= 11 is 0. The highest BCUT2D eigenvalue weighted by molar-refractivity contribution is 7.54. The Morgan fingerprint density at radius 2 is 1.39 bits per heavy atom. The summed E-state index contributed by atoms with van der Waals surface area (Å²) in [5.74, 6) is 0.0306. The van der Waals surface area contributed by atoms with Gasteiger partial charge in [0.05, 0.1) is 19.4 Å². The molecule has 0 amide bonds. The number of hydrogen-bond acceptors (Lipinski definition) is 4. The lowest BCUT2D eigenvalue weighted by Crippen LogP contribution is -2.19. The van der Waals surface area contributed by atoms with E-state index in [1.54, 1.807) is 0 Å². The average molecular weight is 547 g/mol. The Morgan fingerprint density at radius 1 is 0.921 bits per heavy atom. The predicted octanol–water partition coefficient (Wildman–Crippen LogP) is 10.2. The quantitative estimate of drug-likeness (QED) is 0.147. The molecule has 1 unspecified atom stereocenters. The Morgan fingerprint density at radius 3 is 1.82 bits per heavy atom. The van der Waals surface area contributed by atoms with E-state index in [9.17, 15) is 9.36 Å². The van der Waals surface area contributed by atoms with Gasteiger partial charge in [0.25, 0.3) is 0 Å². The van der Waals surface area contributed by atoms with Crippen molar-refractivity contribution in [3.05, 3.63) is 58.2 Å². The maximum Gasteiger partial charge on any atom is 0.334 e. The third-order valence-corrected chi connectivity index (χ3v) is 9.60. The highest BCUT2D eigenvalue weighted by Gasteiger charge is 2.27. The Kier molecular flexibility index (Phi) is 14.5. The second-order valence-corrected chi connectivity index (χ2v) is 14.2. The van der Waals surface area contributed by atoms with Crippen LogP contribution in [0.4, 0.5) is 0 Å². The number of carbonyl (C=O) groups is 1. The van der Waals surface area contributed by atoms with Crippen molar-refractivity contribution in [2.45, 2.75) is 108 Å². The molecule has 0 fully saturated rings. The lowest BCUT2D eigenvalue weighted by molar-refractivity contribution is -0.109. The van der Waals surface area contributed by atoms with Crippen molar-refractivity contribution in [2.75, 3.05) is 19.4 Å². The van der Waals surface area contributed by atoms with E-state index in [0.29, 0.717) is 19.4 Å². The number of aldehydes is 1. The average Bonchev–Trinajstić information content (AvgIpc) is 2.82. The molecule has 0 aromatic carbocycles. The lowest BCUT2D eigenvalue weighted by atomic mass is 9.72. The summed E-state index contributed by atoms with van der Waals surface area (Å²) in [6, 6.07) is 0. The molecule has 38 heavy (non-hydrogen) atoms. The molecule has 0 aromatic heterocycles. The van der Waals surface area contributed by atoms with Gasteiger partial charge in [0.2, 0.25) is 0 Å². The molecule has 0 bridgehead atoms. The Hall–Kier alpha value is -1.48. The van der Waals surface area contributed by atoms with E-state index in [1.807, 2.05) is 39.8 Å². The van der Waals surface area contributed by atoms with Crippen LogP contribution in [0.2, 0.25) is 0 Å². The fourth-order valence-electron chi connectivity index (χ4n) is 5.39. The Balaban J connectivity index is 0.000000415. The van der Waals surface area contributed by atoms with E-state index in [2.05, 4.69) is 59.8 Å². The van der Waals surface area contributed by atoms with Gasteiger partial charge in [-0.2, -0.15) is 0 Å². The molecular weight excluding hydrogens is 491 g/mol. The zero-order chi connectivity index (χ0) is 29.0. The van der Waals surface area contributed by atoms with Crippen LogP contribution in [0.3, 0.4) is 0 Å². The number of carbonyl (C=O) groups excluding carboxylic acids is 1. The summed E-state index contributed by atoms with van der Waals surface area (Å²) in [5.41, 5.74) is 7.45. The van der Waals surface area contributed by atoms with E-state index in [-0.39, 0.29) is 16.7 Å². The van der Waals surface area contributed by atoms with E-state index in [0.717, 1.165) is 11.9 Å². The Labute approximate surface area is 234 Å². The first kappa shape index (κ1) is 34.5. The zero-order valence-electron chi connectivity index (χ0n) is 26.0. The third-order valence-electron chi connectivity index (χ3n) is 7.67. The lowest BCUT2D eigenvalue weighted by Gasteiger charge is -2.33. The number of allylic oxidation sites excluding steroid dienone is 10. The summed E-state index contributed by atoms with van der Waals surface area (Å²) in [7, 11) is -2.99. The molecule has 0 heterocycles. The monoisotopic (exact) mass is 546 g/mol. The molecule has 0 radical (unpaired) electrons. The summed E-state index contributed by atoms with van der Waals surface area (Å²) in [6.07, 6.45) is 19.2. The van der Waals surface area contributed by atoms with Gasteiger partial charge in [-0.05, 0) is 95.1 Å². The molecule has 5 heteroatoms. The van der Waals surface area contributed by atoms with Gasteiger partial charge >= 0.3 is 7.60 Å². The van der Waals surface area contributed by atoms with E-state index in [4.69, 9.17) is 9.05 Å². The molecule has 2 rings (SSSR count). The highest BCUT2D eigenvalue weighted by atomic mass is 31.2. The van der Waals surface area contributed by atoms with Crippen LogP contribution < -0.4 is 0 Å². The minimum atomic E-state index is -2.99. The van der Waals surface area contributed by atoms with Crippen LogP contribution in [0.15, 0.2) is 58.2 Å². The van der Waals surface area contributed by atoms with Crippen LogP contribution in [-0.2, 0) is 18.4 Å². The molecule has 0 saturated carbocycles. The summed E-state index contributed by atoms with van der Waals surface area (Å²) in [5, 5.41) is 0. The molecule has 216 valence electrons. The first-order valence-electron chi connectivity index (χ1n) is 14.5. The largest absolute Gasteiger partial charge is 0.334 e. The number of rotatable bonds is 11. The van der Waals surface area contributed by atoms with Crippen molar-refractivity contribution in [1.29, 1.82) is 0 Å². The fraction of sp³-hybridized carbons (Fsp3) is 0.667. The van der Waals surface area contributed by atoms with Gasteiger partial charge in [0.1, 0.15) is 6.29 Å². The van der Waals surface area contributed by atoms with Crippen molar-refractivity contribution in [2.24, 2.45) is 16.7 Å². The second kappa shape index (κ2) is 15.9. The molecule has 0 aliphatic heterocycles. The highest BCUT2D eigenvalue weighted by Crippen LogP contribution is 2.48. The van der Waals surface area contributed by atoms with E-state index in [1.165, 1.54) is 60.8 Å². The SMILES string of the molecule is CC1=C(/C=C/C(C)C=O)C(C)(C)CCC1.CCOP(=O)(C/C=C(C)/C=C/C1=C(C)CCCC1(C)C)OCC. The molecule has 1 atom stereocenters. The molecule has 0 saturated heterocycles. The van der Waals surface area contributed by atoms with Crippen LogP contribution in [0.1, 0.15) is 108 Å². The van der Waals surface area contributed by atoms with Gasteiger partial charge in [-0.25, -0.2) is 0 Å². The fourth-order valence-corrected chi connectivity index (χ4v) is 6.97. The molecule has 0 aromatic rings.